The van der Waals surface area contributed by atoms with Crippen molar-refractivity contribution < 1.29 is 4.79 Å². The number of aryl methyl sites for hydroxylation is 1. The van der Waals surface area contributed by atoms with Gasteiger partial charge in [-0.1, -0.05) is 28.1 Å². The van der Waals surface area contributed by atoms with Crippen LogP contribution in [0.3, 0.4) is 0 Å². The normalized spacial score (nSPS) is 10.5. The predicted molar refractivity (Wildman–Crippen MR) is 85.3 cm³/mol. The summed E-state index contributed by atoms with van der Waals surface area (Å²) in [5.41, 5.74) is 3.48. The molecule has 0 aliphatic rings. The highest BCUT2D eigenvalue weighted by Gasteiger charge is 2.18. The number of carbonyl (C=O) groups excluding carboxylic acids is 1. The van der Waals surface area contributed by atoms with E-state index in [0.29, 0.717) is 22.1 Å². The Bertz CT molecular complexity index is 903. The number of nitrogens with one attached hydrogen (secondary N) is 1. The standard InChI is InChI=1S/C17H11BrN2O/c1-10-5-6-12(14(18)7-10)17(21)13-9-20-15-4-2-3-11(8-19)16(13)15/h2-7,9,20H,1H3. The molecule has 0 unspecified atom stereocenters. The Hall–Kier alpha value is -2.38. The summed E-state index contributed by atoms with van der Waals surface area (Å²) in [4.78, 5) is 15.8. The zero-order valence-electron chi connectivity index (χ0n) is 11.3. The van der Waals surface area contributed by atoms with E-state index < -0.39 is 0 Å². The number of fused-ring (bicyclic) bond motifs is 1. The first-order chi connectivity index (χ1) is 10.1. The summed E-state index contributed by atoms with van der Waals surface area (Å²) < 4.78 is 0.760. The van der Waals surface area contributed by atoms with E-state index in [0.717, 1.165) is 15.6 Å². The highest BCUT2D eigenvalue weighted by Crippen LogP contribution is 2.27. The minimum atomic E-state index is -0.101. The van der Waals surface area contributed by atoms with Crippen molar-refractivity contribution in [2.75, 3.05) is 0 Å². The maximum atomic E-state index is 12.8. The second-order valence-corrected chi connectivity index (χ2v) is 5.71. The summed E-state index contributed by atoms with van der Waals surface area (Å²) in [6, 6.07) is 13.1. The SMILES string of the molecule is Cc1ccc(C(=O)c2c[nH]c3cccc(C#N)c23)c(Br)c1. The molecular weight excluding hydrogens is 328 g/mol. The quantitative estimate of drug-likeness (QED) is 0.706. The van der Waals surface area contributed by atoms with Gasteiger partial charge in [0.2, 0.25) is 0 Å². The van der Waals surface area contributed by atoms with Crippen molar-refractivity contribution in [3.63, 3.8) is 0 Å². The minimum absolute atomic E-state index is 0.101. The van der Waals surface area contributed by atoms with E-state index in [1.165, 1.54) is 0 Å². The number of aromatic amines is 1. The molecule has 3 aromatic rings. The lowest BCUT2D eigenvalue weighted by Crippen LogP contribution is -2.02. The Kier molecular flexibility index (Phi) is 3.36. The molecule has 21 heavy (non-hydrogen) atoms. The zero-order valence-corrected chi connectivity index (χ0v) is 12.9. The van der Waals surface area contributed by atoms with Crippen molar-refractivity contribution in [2.24, 2.45) is 0 Å². The molecule has 0 aliphatic heterocycles. The van der Waals surface area contributed by atoms with Crippen LogP contribution in [0.1, 0.15) is 27.0 Å². The van der Waals surface area contributed by atoms with Gasteiger partial charge in [0, 0.05) is 32.7 Å². The van der Waals surface area contributed by atoms with Gasteiger partial charge < -0.3 is 4.98 Å². The molecule has 102 valence electrons. The Morgan fingerprint density at radius 2 is 2.05 bits per heavy atom. The van der Waals surface area contributed by atoms with E-state index >= 15 is 0 Å². The van der Waals surface area contributed by atoms with Gasteiger partial charge in [-0.2, -0.15) is 5.26 Å². The first kappa shape index (κ1) is 13.6. The maximum absolute atomic E-state index is 12.8. The number of aromatic nitrogens is 1. The smallest absolute Gasteiger partial charge is 0.196 e. The van der Waals surface area contributed by atoms with Gasteiger partial charge in [-0.25, -0.2) is 0 Å². The van der Waals surface area contributed by atoms with Gasteiger partial charge in [0.05, 0.1) is 11.6 Å². The lowest BCUT2D eigenvalue weighted by Gasteiger charge is -2.04. The highest BCUT2D eigenvalue weighted by atomic mass is 79.9. The van der Waals surface area contributed by atoms with Crippen molar-refractivity contribution in [1.29, 1.82) is 5.26 Å². The Balaban J connectivity index is 2.21. The van der Waals surface area contributed by atoms with Gasteiger partial charge in [-0.15, -0.1) is 0 Å². The second kappa shape index (κ2) is 5.19. The monoisotopic (exact) mass is 338 g/mol. The number of nitriles is 1. The van der Waals surface area contributed by atoms with Crippen LogP contribution in [0.15, 0.2) is 47.1 Å². The molecule has 0 bridgehead atoms. The largest absolute Gasteiger partial charge is 0.360 e. The number of benzene rings is 2. The fourth-order valence-corrected chi connectivity index (χ4v) is 3.08. The van der Waals surface area contributed by atoms with Gasteiger partial charge in [-0.05, 0) is 36.8 Å². The van der Waals surface area contributed by atoms with Crippen molar-refractivity contribution in [2.45, 2.75) is 6.92 Å². The van der Waals surface area contributed by atoms with Crippen molar-refractivity contribution >= 4 is 32.6 Å². The molecule has 0 spiro atoms. The molecule has 0 radical (unpaired) electrons. The van der Waals surface area contributed by atoms with E-state index in [1.54, 1.807) is 24.4 Å². The fraction of sp³-hybridized carbons (Fsp3) is 0.0588. The van der Waals surface area contributed by atoms with Crippen LogP contribution in [-0.2, 0) is 0 Å². The number of nitrogens with zero attached hydrogens (tertiary/aromatic N) is 1. The summed E-state index contributed by atoms with van der Waals surface area (Å²) in [7, 11) is 0. The molecule has 1 N–H and O–H groups in total. The molecule has 0 saturated carbocycles. The molecule has 0 aliphatic carbocycles. The molecule has 0 saturated heterocycles. The Labute approximate surface area is 130 Å². The fourth-order valence-electron chi connectivity index (χ4n) is 2.41. The van der Waals surface area contributed by atoms with Crippen molar-refractivity contribution in [1.82, 2.24) is 4.98 Å². The Morgan fingerprint density at radius 1 is 1.24 bits per heavy atom. The van der Waals surface area contributed by atoms with Crippen LogP contribution in [0.25, 0.3) is 10.9 Å². The summed E-state index contributed by atoms with van der Waals surface area (Å²) >= 11 is 3.44. The second-order valence-electron chi connectivity index (χ2n) is 4.85. The number of rotatable bonds is 2. The summed E-state index contributed by atoms with van der Waals surface area (Å²) in [5, 5.41) is 9.92. The molecule has 4 heteroatoms. The molecule has 3 nitrogen and oxygen atoms in total. The molecule has 0 atom stereocenters. The minimum Gasteiger partial charge on any atom is -0.360 e. The number of ketones is 1. The van der Waals surface area contributed by atoms with E-state index in [2.05, 4.69) is 27.0 Å². The van der Waals surface area contributed by atoms with E-state index in [-0.39, 0.29) is 5.78 Å². The van der Waals surface area contributed by atoms with Crippen molar-refractivity contribution in [3.05, 3.63) is 69.3 Å². The lowest BCUT2D eigenvalue weighted by atomic mass is 9.99. The van der Waals surface area contributed by atoms with Crippen LogP contribution < -0.4 is 0 Å². The zero-order chi connectivity index (χ0) is 15.0. The topological polar surface area (TPSA) is 56.6 Å². The molecular formula is C17H11BrN2O. The van der Waals surface area contributed by atoms with Gasteiger partial charge in [0.1, 0.15) is 0 Å². The molecule has 0 fully saturated rings. The molecule has 3 rings (SSSR count). The third-order valence-corrected chi connectivity index (χ3v) is 4.10. The third-order valence-electron chi connectivity index (χ3n) is 3.44. The predicted octanol–water partition coefficient (Wildman–Crippen LogP) is 4.34. The van der Waals surface area contributed by atoms with E-state index in [1.807, 2.05) is 25.1 Å². The first-order valence-corrected chi connectivity index (χ1v) is 7.22. The Morgan fingerprint density at radius 3 is 2.76 bits per heavy atom. The highest BCUT2D eigenvalue weighted by molar-refractivity contribution is 9.10. The number of H-pyrrole nitrogens is 1. The summed E-state index contributed by atoms with van der Waals surface area (Å²) in [6.45, 7) is 1.97. The maximum Gasteiger partial charge on any atom is 0.196 e. The first-order valence-electron chi connectivity index (χ1n) is 6.43. The lowest BCUT2D eigenvalue weighted by molar-refractivity contribution is 0.103. The van der Waals surface area contributed by atoms with Crippen LogP contribution >= 0.6 is 15.9 Å². The van der Waals surface area contributed by atoms with E-state index in [4.69, 9.17) is 0 Å². The molecule has 0 amide bonds. The third kappa shape index (κ3) is 2.26. The molecule has 2 aromatic carbocycles. The number of halogens is 1. The number of hydrogen-bond acceptors (Lipinski definition) is 2. The van der Waals surface area contributed by atoms with Crippen molar-refractivity contribution in [3.8, 4) is 6.07 Å². The van der Waals surface area contributed by atoms with Crippen LogP contribution in [0.2, 0.25) is 0 Å². The van der Waals surface area contributed by atoms with Gasteiger partial charge >= 0.3 is 0 Å². The molecule has 1 aromatic heterocycles. The van der Waals surface area contributed by atoms with Crippen LogP contribution in [0.4, 0.5) is 0 Å². The van der Waals surface area contributed by atoms with Gasteiger partial charge in [0.25, 0.3) is 0 Å². The summed E-state index contributed by atoms with van der Waals surface area (Å²) in [5.74, 6) is -0.101. The number of hydrogen-bond donors (Lipinski definition) is 1. The van der Waals surface area contributed by atoms with Gasteiger partial charge in [-0.3, -0.25) is 4.79 Å². The van der Waals surface area contributed by atoms with E-state index in [9.17, 15) is 10.1 Å². The van der Waals surface area contributed by atoms with Crippen LogP contribution in [0, 0.1) is 18.3 Å². The summed E-state index contributed by atoms with van der Waals surface area (Å²) in [6.07, 6.45) is 1.67. The molecule has 1 heterocycles. The van der Waals surface area contributed by atoms with Crippen LogP contribution in [0.5, 0.6) is 0 Å². The average molecular weight is 339 g/mol. The average Bonchev–Trinajstić information content (AvgIpc) is 2.90. The number of carbonyl (C=O) groups is 1. The van der Waals surface area contributed by atoms with Crippen LogP contribution in [-0.4, -0.2) is 10.8 Å². The van der Waals surface area contributed by atoms with Gasteiger partial charge in [0.15, 0.2) is 5.78 Å².